The van der Waals surface area contributed by atoms with Gasteiger partial charge in [-0.15, -0.1) is 5.10 Å². The predicted molar refractivity (Wildman–Crippen MR) is 119 cm³/mol. The van der Waals surface area contributed by atoms with Gasteiger partial charge in [0.05, 0.1) is 12.2 Å². The van der Waals surface area contributed by atoms with Crippen LogP contribution in [-0.2, 0) is 9.59 Å². The van der Waals surface area contributed by atoms with Crippen molar-refractivity contribution in [2.75, 3.05) is 26.2 Å². The van der Waals surface area contributed by atoms with E-state index in [1.165, 1.54) is 0 Å². The van der Waals surface area contributed by atoms with Crippen molar-refractivity contribution in [3.63, 3.8) is 0 Å². The average molecular weight is 502 g/mol. The summed E-state index contributed by atoms with van der Waals surface area (Å²) in [5.74, 6) is -2.22. The van der Waals surface area contributed by atoms with Crippen molar-refractivity contribution in [2.24, 2.45) is 5.92 Å². The highest BCUT2D eigenvalue weighted by Crippen LogP contribution is 2.27. The van der Waals surface area contributed by atoms with Crippen molar-refractivity contribution >= 4 is 23.5 Å². The number of halogens is 4. The fourth-order valence-corrected chi connectivity index (χ4v) is 4.30. The predicted octanol–water partition coefficient (Wildman–Crippen LogP) is 3.79. The zero-order valence-electron chi connectivity index (χ0n) is 18.5. The summed E-state index contributed by atoms with van der Waals surface area (Å²) < 4.78 is 33.7. The van der Waals surface area contributed by atoms with Crippen LogP contribution in [0.2, 0.25) is 5.02 Å². The molecule has 0 radical (unpaired) electrons. The van der Waals surface area contributed by atoms with Gasteiger partial charge < -0.3 is 15.3 Å². The van der Waals surface area contributed by atoms with E-state index in [1.54, 1.807) is 0 Å². The molecule has 2 aromatic rings. The van der Waals surface area contributed by atoms with Crippen molar-refractivity contribution in [2.45, 2.75) is 44.3 Å². The molecular weight excluding hydrogens is 475 g/mol. The molecule has 3 heterocycles. The van der Waals surface area contributed by atoms with Gasteiger partial charge in [0.15, 0.2) is 0 Å². The fraction of sp³-hybridized carbons (Fsp3) is 0.545. The summed E-state index contributed by atoms with van der Waals surface area (Å²) in [7, 11) is 0. The molecule has 1 unspecified atom stereocenters. The summed E-state index contributed by atoms with van der Waals surface area (Å²) in [6.07, 6.45) is 1.83. The van der Waals surface area contributed by atoms with E-state index in [1.807, 2.05) is 35.1 Å². The smallest absolute Gasteiger partial charge is 0.475 e. The third-order valence-corrected chi connectivity index (χ3v) is 6.18. The van der Waals surface area contributed by atoms with Crippen molar-refractivity contribution in [3.8, 4) is 11.3 Å². The average Bonchev–Trinajstić information content (AvgIpc) is 3.14. The Labute approximate surface area is 200 Å². The summed E-state index contributed by atoms with van der Waals surface area (Å²) in [5, 5.41) is 19.8. The zero-order valence-corrected chi connectivity index (χ0v) is 19.2. The minimum absolute atomic E-state index is 0.192. The van der Waals surface area contributed by atoms with E-state index in [9.17, 15) is 18.0 Å². The number of amides is 1. The molecule has 1 aromatic heterocycles. The Kier molecular flexibility index (Phi) is 8.90. The van der Waals surface area contributed by atoms with E-state index in [0.717, 1.165) is 69.5 Å². The first-order valence-electron chi connectivity index (χ1n) is 11.1. The van der Waals surface area contributed by atoms with Gasteiger partial charge in [-0.05, 0) is 57.3 Å². The first-order chi connectivity index (χ1) is 16.1. The molecule has 1 aromatic carbocycles. The molecule has 2 saturated heterocycles. The maximum Gasteiger partial charge on any atom is 0.490 e. The molecule has 0 saturated carbocycles. The number of carbonyl (C=O) groups excluding carboxylic acids is 1. The van der Waals surface area contributed by atoms with Gasteiger partial charge in [-0.25, -0.2) is 9.48 Å². The second-order valence-corrected chi connectivity index (χ2v) is 8.77. The lowest BCUT2D eigenvalue weighted by molar-refractivity contribution is -0.192. The molecule has 1 atom stereocenters. The molecule has 12 heteroatoms. The molecule has 2 N–H and O–H groups in total. The minimum Gasteiger partial charge on any atom is -0.475 e. The molecule has 34 heavy (non-hydrogen) atoms. The summed E-state index contributed by atoms with van der Waals surface area (Å²) in [4.78, 5) is 23.8. The number of rotatable bonds is 3. The number of piperidine rings is 1. The Morgan fingerprint density at radius 2 is 1.82 bits per heavy atom. The van der Waals surface area contributed by atoms with Crippen LogP contribution in [0.5, 0.6) is 0 Å². The molecule has 1 amide bonds. The molecule has 2 aliphatic heterocycles. The van der Waals surface area contributed by atoms with Crippen molar-refractivity contribution < 1.29 is 27.9 Å². The number of carboxylic acid groups (broad SMARTS) is 1. The molecule has 4 rings (SSSR count). The molecule has 2 aliphatic rings. The van der Waals surface area contributed by atoms with Gasteiger partial charge in [-0.2, -0.15) is 13.2 Å². The normalized spacial score (nSPS) is 19.6. The fourth-order valence-electron chi connectivity index (χ4n) is 4.11. The number of nitrogens with zero attached hydrogens (tertiary/aromatic N) is 4. The van der Waals surface area contributed by atoms with Crippen LogP contribution in [0.25, 0.3) is 11.3 Å². The van der Waals surface area contributed by atoms with Gasteiger partial charge in [0, 0.05) is 29.6 Å². The lowest BCUT2D eigenvalue weighted by Crippen LogP contribution is -2.42. The van der Waals surface area contributed by atoms with Crippen LogP contribution in [0.4, 0.5) is 13.2 Å². The number of likely N-dealkylation sites (tertiary alicyclic amines) is 1. The number of hydrogen-bond acceptors (Lipinski definition) is 5. The monoisotopic (exact) mass is 501 g/mol. The molecule has 0 aliphatic carbocycles. The Balaban J connectivity index is 0.000000406. The van der Waals surface area contributed by atoms with Crippen molar-refractivity contribution in [3.05, 3.63) is 35.5 Å². The molecule has 0 bridgehead atoms. The van der Waals surface area contributed by atoms with E-state index in [0.29, 0.717) is 17.0 Å². The number of hydrogen-bond donors (Lipinski definition) is 2. The second kappa shape index (κ2) is 11.7. The first kappa shape index (κ1) is 26.0. The number of carbonyl (C=O) groups is 2. The van der Waals surface area contributed by atoms with E-state index in [4.69, 9.17) is 21.5 Å². The number of carboxylic acids is 1. The molecule has 2 fully saturated rings. The number of benzene rings is 1. The molecule has 8 nitrogen and oxygen atoms in total. The van der Waals surface area contributed by atoms with Gasteiger partial charge in [0.25, 0.3) is 0 Å². The third kappa shape index (κ3) is 7.17. The summed E-state index contributed by atoms with van der Waals surface area (Å²) in [6.45, 7) is 3.60. The third-order valence-electron chi connectivity index (χ3n) is 5.95. The Morgan fingerprint density at radius 1 is 1.12 bits per heavy atom. The van der Waals surface area contributed by atoms with Gasteiger partial charge >= 0.3 is 12.1 Å². The Bertz CT molecular complexity index is 969. The van der Waals surface area contributed by atoms with Gasteiger partial charge in [0.1, 0.15) is 5.69 Å². The lowest BCUT2D eigenvalue weighted by Gasteiger charge is -2.34. The number of alkyl halides is 3. The van der Waals surface area contributed by atoms with Crippen LogP contribution in [0.3, 0.4) is 0 Å². The van der Waals surface area contributed by atoms with E-state index >= 15 is 0 Å². The zero-order chi connectivity index (χ0) is 24.7. The van der Waals surface area contributed by atoms with E-state index in [2.05, 4.69) is 20.5 Å². The first-order valence-corrected chi connectivity index (χ1v) is 11.5. The number of aromatic nitrogens is 3. The van der Waals surface area contributed by atoms with E-state index in [-0.39, 0.29) is 5.92 Å². The summed E-state index contributed by atoms with van der Waals surface area (Å²) in [5.41, 5.74) is 1.81. The van der Waals surface area contributed by atoms with Crippen LogP contribution < -0.4 is 5.32 Å². The Hall–Kier alpha value is -2.66. The van der Waals surface area contributed by atoms with Crippen LogP contribution in [0, 0.1) is 5.92 Å². The largest absolute Gasteiger partial charge is 0.490 e. The van der Waals surface area contributed by atoms with E-state index < -0.39 is 12.1 Å². The topological polar surface area (TPSA) is 100 Å². The SMILES string of the molecule is O=C(C1CCCNCC1)N1CCC(n2cc(-c3cccc(Cl)c3)nn2)CC1.O=C(O)C(F)(F)F. The van der Waals surface area contributed by atoms with Crippen LogP contribution in [0.15, 0.2) is 30.5 Å². The highest BCUT2D eigenvalue weighted by atomic mass is 35.5. The molecule has 186 valence electrons. The second-order valence-electron chi connectivity index (χ2n) is 8.33. The van der Waals surface area contributed by atoms with Crippen molar-refractivity contribution in [1.29, 1.82) is 0 Å². The maximum atomic E-state index is 12.8. The standard InChI is InChI=1S/C20H26ClN5O.C2HF3O2/c21-17-5-1-3-16(13-17)19-14-26(24-23-19)18-7-11-25(12-8-18)20(27)15-4-2-9-22-10-6-15;3-2(4,5)1(6)7/h1,3,5,13-15,18,22H,2,4,6-12H2;(H,6,7). The summed E-state index contributed by atoms with van der Waals surface area (Å²) in [6, 6.07) is 7.96. The van der Waals surface area contributed by atoms with Gasteiger partial charge in [0.2, 0.25) is 5.91 Å². The highest BCUT2D eigenvalue weighted by molar-refractivity contribution is 6.30. The molecule has 0 spiro atoms. The maximum absolute atomic E-state index is 12.8. The number of aliphatic carboxylic acids is 1. The number of nitrogens with one attached hydrogen (secondary N) is 1. The molecular formula is C22H27ClF3N5O3. The highest BCUT2D eigenvalue weighted by Gasteiger charge is 2.38. The summed E-state index contributed by atoms with van der Waals surface area (Å²) >= 11 is 6.07. The van der Waals surface area contributed by atoms with Gasteiger partial charge in [-0.1, -0.05) is 28.9 Å². The Morgan fingerprint density at radius 3 is 2.47 bits per heavy atom. The quantitative estimate of drug-likeness (QED) is 0.664. The lowest BCUT2D eigenvalue weighted by atomic mass is 9.96. The van der Waals surface area contributed by atoms with Crippen LogP contribution in [0.1, 0.15) is 38.1 Å². The van der Waals surface area contributed by atoms with Crippen molar-refractivity contribution in [1.82, 2.24) is 25.2 Å². The van der Waals surface area contributed by atoms with Gasteiger partial charge in [-0.3, -0.25) is 4.79 Å². The minimum atomic E-state index is -5.08. The van der Waals surface area contributed by atoms with Crippen LogP contribution >= 0.6 is 11.6 Å². The van der Waals surface area contributed by atoms with Crippen LogP contribution in [-0.4, -0.2) is 69.2 Å².